The van der Waals surface area contributed by atoms with E-state index in [0.29, 0.717) is 60.7 Å². The Morgan fingerprint density at radius 3 is 2.61 bits per heavy atom. The van der Waals surface area contributed by atoms with Crippen LogP contribution >= 0.6 is 0 Å². The molecule has 2 fully saturated rings. The van der Waals surface area contributed by atoms with E-state index in [1.54, 1.807) is 23.0 Å². The zero-order valence-corrected chi connectivity index (χ0v) is 32.2. The summed E-state index contributed by atoms with van der Waals surface area (Å²) in [6, 6.07) is 12.4. The number of amides is 2. The third-order valence-corrected chi connectivity index (χ3v) is 11.2. The lowest BCUT2D eigenvalue weighted by Gasteiger charge is -2.37. The summed E-state index contributed by atoms with van der Waals surface area (Å²) in [5, 5.41) is 30.6. The molecule has 0 radical (unpaired) electrons. The summed E-state index contributed by atoms with van der Waals surface area (Å²) in [5.74, 6) is -1.65. The quantitative estimate of drug-likeness (QED) is 0.129. The first-order valence-corrected chi connectivity index (χ1v) is 19.6. The van der Waals surface area contributed by atoms with Gasteiger partial charge in [0, 0.05) is 79.3 Å². The van der Waals surface area contributed by atoms with Gasteiger partial charge in [-0.05, 0) is 87.4 Å². The van der Waals surface area contributed by atoms with Crippen LogP contribution in [0.1, 0.15) is 73.0 Å². The molecule has 3 aliphatic heterocycles. The molecule has 1 aliphatic carbocycles. The number of aliphatic imine (C=N–C) groups is 1. The maximum absolute atomic E-state index is 15.0. The van der Waals surface area contributed by atoms with Crippen molar-refractivity contribution in [2.24, 2.45) is 18.0 Å². The molecule has 300 valence electrons. The fourth-order valence-electron chi connectivity index (χ4n) is 8.14. The van der Waals surface area contributed by atoms with Crippen molar-refractivity contribution >= 4 is 40.5 Å². The number of aliphatic hydroxyl groups excluding tert-OH is 1. The lowest BCUT2D eigenvalue weighted by molar-refractivity contribution is -0.127. The standard InChI is InChI=1S/C41H48F2N10O4/c1-22-5-4-12-57-40-30(20-46-52(40)3)34-14-24(13-23(2)47-34)38(55)51-41-49-33-8-6-25(19-35(33)53(41)21-22)44-10-11-45-26-15-27(16-26)48-28-17-31(42)37(32(43)18-28)29-7-9-36(54)50-39(29)56/h6,8,13-14,17-20,22,26-27,29,39,44-45,48,56H,4-5,7,9-12,15-16,21H2,1-3H3,(H,50,54)(H,49,51,55)/t22-,26-,27+,29-,39?/m1/s1. The van der Waals surface area contributed by atoms with E-state index in [0.717, 1.165) is 48.3 Å². The minimum atomic E-state index is -1.32. The van der Waals surface area contributed by atoms with E-state index < -0.39 is 23.8 Å². The van der Waals surface area contributed by atoms with Crippen molar-refractivity contribution in [3.63, 3.8) is 0 Å². The number of guanidine groups is 1. The molecule has 8 rings (SSSR count). The summed E-state index contributed by atoms with van der Waals surface area (Å²) in [4.78, 5) is 36.6. The highest BCUT2D eigenvalue weighted by Gasteiger charge is 2.34. The van der Waals surface area contributed by atoms with Crippen molar-refractivity contribution in [2.75, 3.05) is 47.1 Å². The van der Waals surface area contributed by atoms with E-state index in [2.05, 4.69) is 59.5 Å². The number of halogens is 2. The monoisotopic (exact) mass is 782 g/mol. The van der Waals surface area contributed by atoms with Gasteiger partial charge in [0.05, 0.1) is 35.4 Å². The molecule has 2 bridgehead atoms. The van der Waals surface area contributed by atoms with Gasteiger partial charge in [-0.25, -0.2) is 13.5 Å². The van der Waals surface area contributed by atoms with Crippen LogP contribution in [0.4, 0.5) is 31.5 Å². The second-order valence-corrected chi connectivity index (χ2v) is 15.6. The summed E-state index contributed by atoms with van der Waals surface area (Å²) < 4.78 is 37.9. The van der Waals surface area contributed by atoms with E-state index in [-0.39, 0.29) is 48.2 Å². The highest BCUT2D eigenvalue weighted by molar-refractivity contribution is 6.19. The summed E-state index contributed by atoms with van der Waals surface area (Å²) in [5.41, 5.74) is 5.35. The van der Waals surface area contributed by atoms with E-state index in [1.165, 1.54) is 12.1 Å². The van der Waals surface area contributed by atoms with Crippen LogP contribution in [-0.4, -0.2) is 82.2 Å². The number of carbonyl (C=O) groups is 2. The molecule has 1 saturated carbocycles. The lowest BCUT2D eigenvalue weighted by atomic mass is 9.86. The smallest absolute Gasteiger partial charge is 0.280 e. The Kier molecular flexibility index (Phi) is 10.8. The number of carbonyl (C=O) groups excluding carboxylic acids is 2. The van der Waals surface area contributed by atoms with Crippen molar-refractivity contribution in [1.82, 2.24) is 25.4 Å². The number of hydrogen-bond donors (Lipinski definition) is 6. The highest BCUT2D eigenvalue weighted by Crippen LogP contribution is 2.37. The fraction of sp³-hybridized carbons (Fsp3) is 0.439. The van der Waals surface area contributed by atoms with Crippen molar-refractivity contribution in [2.45, 2.75) is 76.6 Å². The van der Waals surface area contributed by atoms with Crippen LogP contribution in [0.5, 0.6) is 5.88 Å². The topological polar surface area (TPSA) is 170 Å². The zero-order valence-electron chi connectivity index (χ0n) is 32.2. The first-order chi connectivity index (χ1) is 27.5. The van der Waals surface area contributed by atoms with E-state index in [4.69, 9.17) is 4.74 Å². The molecule has 0 spiro atoms. The van der Waals surface area contributed by atoms with Gasteiger partial charge in [-0.2, -0.15) is 10.1 Å². The van der Waals surface area contributed by atoms with Crippen molar-refractivity contribution in [1.29, 1.82) is 0 Å². The third-order valence-electron chi connectivity index (χ3n) is 11.2. The van der Waals surface area contributed by atoms with Crippen LogP contribution in [0, 0.1) is 24.5 Å². The number of ether oxygens (including phenoxy) is 1. The number of aliphatic hydroxyl groups is 1. The van der Waals surface area contributed by atoms with E-state index >= 15 is 8.78 Å². The zero-order chi connectivity index (χ0) is 39.8. The lowest BCUT2D eigenvalue weighted by Crippen LogP contribution is -2.48. The first kappa shape index (κ1) is 38.3. The van der Waals surface area contributed by atoms with Gasteiger partial charge in [0.15, 0.2) is 0 Å². The maximum atomic E-state index is 15.0. The Morgan fingerprint density at radius 2 is 1.82 bits per heavy atom. The summed E-state index contributed by atoms with van der Waals surface area (Å²) in [6.45, 7) is 6.60. The fourth-order valence-corrected chi connectivity index (χ4v) is 8.14. The molecule has 3 atom stereocenters. The van der Waals surface area contributed by atoms with Crippen molar-refractivity contribution < 1.29 is 28.2 Å². The minimum absolute atomic E-state index is 0.0676. The molecule has 2 aromatic carbocycles. The van der Waals surface area contributed by atoms with E-state index in [1.807, 2.05) is 26.1 Å². The molecule has 4 aromatic rings. The third kappa shape index (κ3) is 8.28. The highest BCUT2D eigenvalue weighted by atomic mass is 19.1. The molecule has 5 heterocycles. The number of aryl methyl sites for hydroxylation is 2. The molecule has 14 nitrogen and oxygen atoms in total. The van der Waals surface area contributed by atoms with Crippen LogP contribution in [-0.2, 0) is 11.8 Å². The number of piperidine rings is 1. The molecular formula is C41H48F2N10O4. The van der Waals surface area contributed by atoms with E-state index in [9.17, 15) is 14.7 Å². The Bertz CT molecular complexity index is 2180. The van der Waals surface area contributed by atoms with Gasteiger partial charge in [0.2, 0.25) is 17.7 Å². The number of rotatable bonds is 8. The Morgan fingerprint density at radius 1 is 1.02 bits per heavy atom. The molecule has 1 unspecified atom stereocenters. The number of nitrogens with zero attached hydrogens (tertiary/aromatic N) is 5. The average Bonchev–Trinajstić information content (AvgIpc) is 3.68. The Balaban J connectivity index is 0.870. The number of benzene rings is 2. The molecule has 57 heavy (non-hydrogen) atoms. The second kappa shape index (κ2) is 16.1. The molecule has 16 heteroatoms. The van der Waals surface area contributed by atoms with Crippen LogP contribution in [0.2, 0.25) is 0 Å². The average molecular weight is 783 g/mol. The first-order valence-electron chi connectivity index (χ1n) is 19.6. The van der Waals surface area contributed by atoms with Gasteiger partial charge < -0.3 is 41.3 Å². The maximum Gasteiger partial charge on any atom is 0.280 e. The van der Waals surface area contributed by atoms with Gasteiger partial charge in [0.25, 0.3) is 5.91 Å². The number of hydrogen-bond acceptors (Lipinski definition) is 11. The van der Waals surface area contributed by atoms with Gasteiger partial charge in [-0.15, -0.1) is 0 Å². The Labute approximate surface area is 329 Å². The number of nitrogens with one attached hydrogen (secondary N) is 5. The van der Waals surface area contributed by atoms with Crippen LogP contribution in [0.25, 0.3) is 11.3 Å². The van der Waals surface area contributed by atoms with Crippen molar-refractivity contribution in [3.8, 4) is 17.1 Å². The summed E-state index contributed by atoms with van der Waals surface area (Å²) >= 11 is 0. The molecule has 2 amide bonds. The largest absolute Gasteiger partial charge is 0.477 e. The number of anilines is 4. The van der Waals surface area contributed by atoms with Gasteiger partial charge >= 0.3 is 0 Å². The van der Waals surface area contributed by atoms with Gasteiger partial charge in [0.1, 0.15) is 17.9 Å². The van der Waals surface area contributed by atoms with Crippen LogP contribution in [0.3, 0.4) is 0 Å². The molecule has 2 aromatic heterocycles. The SMILES string of the molecule is Cc1cc2cc(n1)-c1cnn(C)c1OCCC[C@@H](C)CN1/C(=N/C2=O)Nc2ccc(NCCN[C@H]3C[C@@H](Nc4cc(F)c([C@H]5CCC(=O)NC5O)c(F)c4)C3)cc21. The molecule has 1 saturated heterocycles. The number of fused-ring (bicyclic) bond motifs is 7. The number of aromatic nitrogens is 3. The molecule has 4 aliphatic rings. The van der Waals surface area contributed by atoms with Crippen LogP contribution < -0.4 is 36.2 Å². The van der Waals surface area contributed by atoms with Gasteiger partial charge in [-0.1, -0.05) is 6.92 Å². The van der Waals surface area contributed by atoms with Gasteiger partial charge in [-0.3, -0.25) is 14.6 Å². The second-order valence-electron chi connectivity index (χ2n) is 15.6. The normalized spacial score (nSPS) is 24.2. The summed E-state index contributed by atoms with van der Waals surface area (Å²) in [6.07, 6.45) is 4.01. The molecule has 6 N–H and O–H groups in total. The van der Waals surface area contributed by atoms with Crippen molar-refractivity contribution in [3.05, 3.63) is 77.1 Å². The Hall–Kier alpha value is -5.61. The van der Waals surface area contributed by atoms with Crippen LogP contribution in [0.15, 0.2) is 53.7 Å². The minimum Gasteiger partial charge on any atom is -0.477 e. The predicted octanol–water partition coefficient (Wildman–Crippen LogP) is 5.26. The molecular weight excluding hydrogens is 735 g/mol. The summed E-state index contributed by atoms with van der Waals surface area (Å²) in [7, 11) is 1.83. The predicted molar refractivity (Wildman–Crippen MR) is 214 cm³/mol. The number of pyridine rings is 1.